The molecule has 0 unspecified atom stereocenters. The van der Waals surface area contributed by atoms with Crippen LogP contribution in [-0.2, 0) is 4.79 Å². The number of carboxylic acids is 1. The van der Waals surface area contributed by atoms with Gasteiger partial charge in [-0.15, -0.1) is 16.9 Å². The molecule has 0 radical (unpaired) electrons. The molecular formula is C10H11N3O2S. The molecule has 0 aromatic carbocycles. The summed E-state index contributed by atoms with van der Waals surface area (Å²) in [6.07, 6.45) is 0.0458. The van der Waals surface area contributed by atoms with Crippen molar-refractivity contribution in [2.24, 2.45) is 0 Å². The van der Waals surface area contributed by atoms with Crippen molar-refractivity contribution in [1.29, 1.82) is 5.26 Å². The van der Waals surface area contributed by atoms with Gasteiger partial charge in [-0.1, -0.05) is 0 Å². The van der Waals surface area contributed by atoms with E-state index in [4.69, 9.17) is 10.4 Å². The smallest absolute Gasteiger partial charge is 0.304 e. The van der Waals surface area contributed by atoms with E-state index in [0.717, 1.165) is 11.3 Å². The summed E-state index contributed by atoms with van der Waals surface area (Å²) in [5.74, 6) is -0.468. The van der Waals surface area contributed by atoms with E-state index in [2.05, 4.69) is 16.3 Å². The van der Waals surface area contributed by atoms with E-state index < -0.39 is 5.97 Å². The van der Waals surface area contributed by atoms with Gasteiger partial charge >= 0.3 is 5.97 Å². The van der Waals surface area contributed by atoms with Gasteiger partial charge in [-0.05, 0) is 19.4 Å². The summed E-state index contributed by atoms with van der Waals surface area (Å²) >= 11 is 1.25. The number of rotatable bonds is 4. The van der Waals surface area contributed by atoms with Gasteiger partial charge in [-0.25, -0.2) is 0 Å². The molecule has 0 saturated carbocycles. The number of nitrogens with zero attached hydrogens (tertiary/aromatic N) is 3. The Morgan fingerprint density at radius 2 is 2.19 bits per heavy atom. The highest BCUT2D eigenvalue weighted by Gasteiger charge is 2.11. The Hall–Kier alpha value is -1.61. The van der Waals surface area contributed by atoms with Crippen LogP contribution in [0, 0.1) is 25.2 Å². The van der Waals surface area contributed by atoms with Gasteiger partial charge in [-0.3, -0.25) is 4.79 Å². The Balaban J connectivity index is 2.85. The first-order valence-electron chi connectivity index (χ1n) is 4.64. The van der Waals surface area contributed by atoms with Gasteiger partial charge in [0.2, 0.25) is 0 Å². The van der Waals surface area contributed by atoms with Crippen LogP contribution in [0.5, 0.6) is 0 Å². The number of hydrogen-bond acceptors (Lipinski definition) is 5. The topological polar surface area (TPSA) is 86.9 Å². The van der Waals surface area contributed by atoms with Gasteiger partial charge < -0.3 is 5.11 Å². The van der Waals surface area contributed by atoms with Crippen molar-refractivity contribution in [2.45, 2.75) is 25.3 Å². The maximum atomic E-state index is 10.4. The SMILES string of the molecule is Cc1nnc(SCCC(=O)O)c(C#N)c1C. The zero-order chi connectivity index (χ0) is 12.1. The standard InChI is InChI=1S/C10H11N3O2S/c1-6-7(2)12-13-10(8(6)5-11)16-4-3-9(14)15/h3-4H2,1-2H3,(H,14,15). The highest BCUT2D eigenvalue weighted by Crippen LogP contribution is 2.23. The number of carboxylic acid groups (broad SMARTS) is 1. The maximum Gasteiger partial charge on any atom is 0.304 e. The number of aliphatic carboxylic acids is 1. The van der Waals surface area contributed by atoms with E-state index in [9.17, 15) is 4.79 Å². The molecule has 0 bridgehead atoms. The summed E-state index contributed by atoms with van der Waals surface area (Å²) in [6.45, 7) is 3.60. The number of nitriles is 1. The largest absolute Gasteiger partial charge is 0.481 e. The summed E-state index contributed by atoms with van der Waals surface area (Å²) in [5, 5.41) is 25.8. The normalized spacial score (nSPS) is 9.81. The Labute approximate surface area is 97.5 Å². The van der Waals surface area contributed by atoms with Crippen LogP contribution >= 0.6 is 11.8 Å². The van der Waals surface area contributed by atoms with Crippen LogP contribution in [0.2, 0.25) is 0 Å². The number of thioether (sulfide) groups is 1. The quantitative estimate of drug-likeness (QED) is 0.799. The minimum atomic E-state index is -0.859. The zero-order valence-corrected chi connectivity index (χ0v) is 9.84. The number of aromatic nitrogens is 2. The van der Waals surface area contributed by atoms with E-state index in [1.165, 1.54) is 11.8 Å². The fourth-order valence-corrected chi connectivity index (χ4v) is 1.97. The predicted octanol–water partition coefficient (Wildman–Crippen LogP) is 1.53. The van der Waals surface area contributed by atoms with Crippen LogP contribution in [0.1, 0.15) is 23.2 Å². The summed E-state index contributed by atoms with van der Waals surface area (Å²) in [6, 6.07) is 2.07. The number of hydrogen-bond donors (Lipinski definition) is 1. The van der Waals surface area contributed by atoms with E-state index in [0.29, 0.717) is 16.3 Å². The van der Waals surface area contributed by atoms with Crippen molar-refractivity contribution in [3.05, 3.63) is 16.8 Å². The van der Waals surface area contributed by atoms with Crippen LogP contribution in [0.15, 0.2) is 5.03 Å². The summed E-state index contributed by atoms with van der Waals surface area (Å²) in [5.41, 5.74) is 2.01. The second-order valence-corrected chi connectivity index (χ2v) is 4.28. The molecule has 84 valence electrons. The Morgan fingerprint density at radius 3 is 2.75 bits per heavy atom. The van der Waals surface area contributed by atoms with Crippen molar-refractivity contribution >= 4 is 17.7 Å². The molecule has 1 aromatic heterocycles. The first-order valence-corrected chi connectivity index (χ1v) is 5.63. The highest BCUT2D eigenvalue weighted by atomic mass is 32.2. The average Bonchev–Trinajstić information content (AvgIpc) is 2.23. The lowest BCUT2D eigenvalue weighted by molar-refractivity contribution is -0.136. The molecule has 0 fully saturated rings. The molecule has 1 aromatic rings. The van der Waals surface area contributed by atoms with Gasteiger partial charge in [0.05, 0.1) is 17.7 Å². The summed E-state index contributed by atoms with van der Waals surface area (Å²) in [7, 11) is 0. The van der Waals surface area contributed by atoms with Crippen molar-refractivity contribution in [3.8, 4) is 6.07 Å². The van der Waals surface area contributed by atoms with Crippen molar-refractivity contribution in [1.82, 2.24) is 10.2 Å². The van der Waals surface area contributed by atoms with Crippen LogP contribution in [0.3, 0.4) is 0 Å². The predicted molar refractivity (Wildman–Crippen MR) is 59.2 cm³/mol. The molecular weight excluding hydrogens is 226 g/mol. The van der Waals surface area contributed by atoms with Crippen molar-refractivity contribution < 1.29 is 9.90 Å². The average molecular weight is 237 g/mol. The van der Waals surface area contributed by atoms with E-state index in [1.807, 2.05) is 6.92 Å². The van der Waals surface area contributed by atoms with Crippen molar-refractivity contribution in [2.75, 3.05) is 5.75 Å². The maximum absolute atomic E-state index is 10.4. The molecule has 0 aliphatic heterocycles. The monoisotopic (exact) mass is 237 g/mol. The Bertz CT molecular complexity index is 454. The Morgan fingerprint density at radius 1 is 1.50 bits per heavy atom. The van der Waals surface area contributed by atoms with Crippen LogP contribution in [0.25, 0.3) is 0 Å². The molecule has 1 rings (SSSR count). The summed E-state index contributed by atoms with van der Waals surface area (Å²) < 4.78 is 0. The molecule has 5 nitrogen and oxygen atoms in total. The van der Waals surface area contributed by atoms with E-state index in [-0.39, 0.29) is 6.42 Å². The fourth-order valence-electron chi connectivity index (χ4n) is 1.05. The van der Waals surface area contributed by atoms with Crippen LogP contribution < -0.4 is 0 Å². The first-order chi connectivity index (χ1) is 7.56. The molecule has 1 heterocycles. The van der Waals surface area contributed by atoms with E-state index in [1.54, 1.807) is 6.92 Å². The first kappa shape index (κ1) is 12.5. The molecule has 6 heteroatoms. The van der Waals surface area contributed by atoms with Gasteiger partial charge in [0.25, 0.3) is 0 Å². The molecule has 16 heavy (non-hydrogen) atoms. The fraction of sp³-hybridized carbons (Fsp3) is 0.400. The second-order valence-electron chi connectivity index (χ2n) is 3.19. The lowest BCUT2D eigenvalue weighted by Crippen LogP contribution is -2.01. The molecule has 0 aliphatic carbocycles. The molecule has 0 saturated heterocycles. The third-order valence-electron chi connectivity index (χ3n) is 2.09. The van der Waals surface area contributed by atoms with E-state index >= 15 is 0 Å². The van der Waals surface area contributed by atoms with Gasteiger partial charge in [0.15, 0.2) is 0 Å². The molecule has 0 aliphatic rings. The van der Waals surface area contributed by atoms with Crippen LogP contribution in [-0.4, -0.2) is 27.0 Å². The minimum Gasteiger partial charge on any atom is -0.481 e. The molecule has 1 N–H and O–H groups in total. The lowest BCUT2D eigenvalue weighted by Gasteiger charge is -2.05. The third-order valence-corrected chi connectivity index (χ3v) is 3.06. The molecule has 0 spiro atoms. The highest BCUT2D eigenvalue weighted by molar-refractivity contribution is 7.99. The van der Waals surface area contributed by atoms with Gasteiger partial charge in [-0.2, -0.15) is 10.4 Å². The van der Waals surface area contributed by atoms with Crippen LogP contribution in [0.4, 0.5) is 0 Å². The minimum absolute atomic E-state index is 0.0458. The third kappa shape index (κ3) is 2.94. The lowest BCUT2D eigenvalue weighted by atomic mass is 10.1. The second kappa shape index (κ2) is 5.47. The summed E-state index contributed by atoms with van der Waals surface area (Å²) in [4.78, 5) is 10.4. The van der Waals surface area contributed by atoms with Gasteiger partial charge in [0, 0.05) is 5.75 Å². The van der Waals surface area contributed by atoms with Gasteiger partial charge in [0.1, 0.15) is 11.1 Å². The zero-order valence-electron chi connectivity index (χ0n) is 9.02. The molecule has 0 amide bonds. The van der Waals surface area contributed by atoms with Crippen molar-refractivity contribution in [3.63, 3.8) is 0 Å². The molecule has 0 atom stereocenters. The Kier molecular flexibility index (Phi) is 4.26. The number of carbonyl (C=O) groups is 1. The number of aryl methyl sites for hydroxylation is 1.